The Kier molecular flexibility index (Phi) is 6.67. The Labute approximate surface area is 148 Å². The van der Waals surface area contributed by atoms with Gasteiger partial charge in [-0.05, 0) is 51.9 Å². The summed E-state index contributed by atoms with van der Waals surface area (Å²) in [5.74, 6) is -0.280. The Balaban J connectivity index is 0.000000277. The highest BCUT2D eigenvalue weighted by molar-refractivity contribution is 7.85. The average Bonchev–Trinajstić information content (AvgIpc) is 2.83. The van der Waals surface area contributed by atoms with Gasteiger partial charge in [-0.2, -0.15) is 0 Å². The fraction of sp³-hybridized carbons (Fsp3) is 0.944. The molecular formula is C18H35NO4S. The van der Waals surface area contributed by atoms with Gasteiger partial charge >= 0.3 is 0 Å². The van der Waals surface area contributed by atoms with E-state index in [1.807, 2.05) is 13.8 Å². The lowest BCUT2D eigenvalue weighted by molar-refractivity contribution is -0.921. The van der Waals surface area contributed by atoms with Crippen LogP contribution < -0.4 is 0 Å². The predicted molar refractivity (Wildman–Crippen MR) is 95.6 cm³/mol. The molecule has 0 aliphatic heterocycles. The molecule has 2 aliphatic carbocycles. The van der Waals surface area contributed by atoms with Crippen LogP contribution >= 0.6 is 0 Å². The third kappa shape index (κ3) is 3.86. The molecule has 2 aliphatic rings. The van der Waals surface area contributed by atoms with E-state index in [-0.39, 0.29) is 17.1 Å². The van der Waals surface area contributed by atoms with Gasteiger partial charge in [0.1, 0.15) is 5.78 Å². The summed E-state index contributed by atoms with van der Waals surface area (Å²) in [6.45, 7) is 18.1. The maximum Gasteiger partial charge on any atom is 0.140 e. The number of rotatable bonds is 6. The number of carbonyl (C=O) groups excluding carboxylic acids is 1. The molecule has 0 aromatic heterocycles. The van der Waals surface area contributed by atoms with E-state index in [4.69, 9.17) is 0 Å². The zero-order chi connectivity index (χ0) is 18.8. The molecule has 0 aromatic carbocycles. The molecule has 0 heterocycles. The van der Waals surface area contributed by atoms with E-state index in [2.05, 4.69) is 27.7 Å². The Morgan fingerprint density at radius 2 is 1.54 bits per heavy atom. The summed E-state index contributed by atoms with van der Waals surface area (Å²) in [6, 6.07) is 0. The Bertz CT molecular complexity index is 534. The van der Waals surface area contributed by atoms with Crippen LogP contribution in [0.1, 0.15) is 60.8 Å². The number of fused-ring (bicyclic) bond motifs is 2. The van der Waals surface area contributed by atoms with Gasteiger partial charge < -0.3 is 9.04 Å². The zero-order valence-electron chi connectivity index (χ0n) is 16.2. The van der Waals surface area contributed by atoms with Gasteiger partial charge in [0, 0.05) is 11.8 Å². The lowest BCUT2D eigenvalue weighted by Crippen LogP contribution is -2.47. The quantitative estimate of drug-likeness (QED) is 0.538. The summed E-state index contributed by atoms with van der Waals surface area (Å²) in [5, 5.41) is 0. The molecule has 2 rings (SSSR count). The third-order valence-corrected chi connectivity index (χ3v) is 8.09. The van der Waals surface area contributed by atoms with Crippen molar-refractivity contribution in [3.63, 3.8) is 0 Å². The second-order valence-corrected chi connectivity index (χ2v) is 9.38. The van der Waals surface area contributed by atoms with Gasteiger partial charge in [-0.1, -0.05) is 13.8 Å². The number of ketones is 1. The number of nitrogens with zero attached hydrogens (tertiary/aromatic N) is 1. The molecule has 0 saturated heterocycles. The summed E-state index contributed by atoms with van der Waals surface area (Å²) >= 11 is 0. The van der Waals surface area contributed by atoms with E-state index in [0.29, 0.717) is 12.8 Å². The van der Waals surface area contributed by atoms with Crippen LogP contribution in [0.25, 0.3) is 0 Å². The van der Waals surface area contributed by atoms with Crippen LogP contribution in [-0.4, -0.2) is 55.2 Å². The molecule has 0 unspecified atom stereocenters. The van der Waals surface area contributed by atoms with Crippen LogP contribution in [0.5, 0.6) is 0 Å². The number of Topliss-reactive ketones (excluding diaryl/α,β-unsaturated/α-hetero) is 1. The molecule has 2 fully saturated rings. The van der Waals surface area contributed by atoms with Crippen LogP contribution in [0.4, 0.5) is 0 Å². The first-order valence-electron chi connectivity index (χ1n) is 9.25. The maximum atomic E-state index is 11.8. The second kappa shape index (κ2) is 7.42. The molecule has 5 nitrogen and oxygen atoms in total. The minimum Gasteiger partial charge on any atom is -0.748 e. The number of hydrogen-bond donors (Lipinski definition) is 0. The van der Waals surface area contributed by atoms with Crippen LogP contribution in [0, 0.1) is 16.7 Å². The molecular weight excluding hydrogens is 326 g/mol. The second-order valence-electron chi connectivity index (χ2n) is 7.98. The summed E-state index contributed by atoms with van der Waals surface area (Å²) in [7, 11) is -4.33. The van der Waals surface area contributed by atoms with Crippen LogP contribution in [0.15, 0.2) is 0 Å². The zero-order valence-corrected chi connectivity index (χ0v) is 17.0. The number of carbonyl (C=O) groups is 1. The molecule has 142 valence electrons. The molecule has 2 saturated carbocycles. The lowest BCUT2D eigenvalue weighted by Gasteiger charge is -2.37. The molecule has 24 heavy (non-hydrogen) atoms. The molecule has 6 heteroatoms. The third-order valence-electron chi connectivity index (χ3n) is 7.25. The molecule has 0 amide bonds. The largest absolute Gasteiger partial charge is 0.748 e. The summed E-state index contributed by atoms with van der Waals surface area (Å²) in [5.41, 5.74) is -1.22. The predicted octanol–water partition coefficient (Wildman–Crippen LogP) is 2.81. The number of quaternary nitrogens is 1. The molecule has 0 radical (unpaired) electrons. The van der Waals surface area contributed by atoms with E-state index in [9.17, 15) is 17.8 Å². The van der Waals surface area contributed by atoms with E-state index in [0.717, 1.165) is 6.42 Å². The van der Waals surface area contributed by atoms with Gasteiger partial charge in [-0.25, -0.2) is 8.42 Å². The summed E-state index contributed by atoms with van der Waals surface area (Å²) in [6.07, 6.45) is 1.88. The molecule has 2 atom stereocenters. The fourth-order valence-electron chi connectivity index (χ4n) is 4.75. The van der Waals surface area contributed by atoms with E-state index in [1.54, 1.807) is 0 Å². The average molecular weight is 362 g/mol. The van der Waals surface area contributed by atoms with Crippen LogP contribution in [0.2, 0.25) is 0 Å². The fourth-order valence-corrected chi connectivity index (χ4v) is 6.03. The number of hydrogen-bond acceptors (Lipinski definition) is 4. The van der Waals surface area contributed by atoms with Crippen molar-refractivity contribution in [2.45, 2.75) is 60.8 Å². The molecule has 2 bridgehead atoms. The van der Waals surface area contributed by atoms with E-state index < -0.39 is 21.3 Å². The van der Waals surface area contributed by atoms with E-state index in [1.165, 1.54) is 30.7 Å². The molecule has 0 spiro atoms. The minimum absolute atomic E-state index is 0.0248. The van der Waals surface area contributed by atoms with Gasteiger partial charge in [-0.3, -0.25) is 4.79 Å². The Hall–Kier alpha value is -0.460. The van der Waals surface area contributed by atoms with Crippen LogP contribution in [0.3, 0.4) is 0 Å². The van der Waals surface area contributed by atoms with Crippen molar-refractivity contribution in [3.05, 3.63) is 0 Å². The van der Waals surface area contributed by atoms with Crippen molar-refractivity contribution >= 4 is 15.9 Å². The lowest BCUT2D eigenvalue weighted by atomic mass is 9.70. The van der Waals surface area contributed by atoms with Crippen molar-refractivity contribution in [3.8, 4) is 0 Å². The SMILES string of the molecule is CC1(C)[C@@H]2CC[C@@]1(CS(=O)(=O)[O-])C(=O)C2.CC[N+](CC)(CC)CC. The Morgan fingerprint density at radius 1 is 1.08 bits per heavy atom. The Morgan fingerprint density at radius 3 is 1.75 bits per heavy atom. The van der Waals surface area contributed by atoms with Gasteiger partial charge in [0.25, 0.3) is 0 Å². The highest BCUT2D eigenvalue weighted by Gasteiger charge is 2.64. The standard InChI is InChI=1S/C10H16O4S.C8H20N/c1-9(2)7-3-4-10(9,8(11)5-7)6-15(12,13)14;1-5-9(6-2,7-3)8-4/h7H,3-6H2,1-2H3,(H,12,13,14);5-8H2,1-4H3/q;+1/p-1/t7-,10-;/m1./s1. The van der Waals surface area contributed by atoms with Crippen molar-refractivity contribution in [2.24, 2.45) is 16.7 Å². The first kappa shape index (κ1) is 21.6. The molecule has 0 aromatic rings. The maximum absolute atomic E-state index is 11.8. The first-order chi connectivity index (χ1) is 10.9. The van der Waals surface area contributed by atoms with Gasteiger partial charge in [0.2, 0.25) is 0 Å². The van der Waals surface area contributed by atoms with Gasteiger partial charge in [-0.15, -0.1) is 0 Å². The van der Waals surface area contributed by atoms with Gasteiger partial charge in [0.15, 0.2) is 0 Å². The highest BCUT2D eigenvalue weighted by atomic mass is 32.2. The van der Waals surface area contributed by atoms with Crippen LogP contribution in [-0.2, 0) is 14.9 Å². The summed E-state index contributed by atoms with van der Waals surface area (Å²) in [4.78, 5) is 11.8. The highest BCUT2D eigenvalue weighted by Crippen LogP contribution is 2.64. The summed E-state index contributed by atoms with van der Waals surface area (Å²) < 4.78 is 34.0. The van der Waals surface area contributed by atoms with Crippen molar-refractivity contribution < 1.29 is 22.2 Å². The van der Waals surface area contributed by atoms with Crippen molar-refractivity contribution in [2.75, 3.05) is 31.9 Å². The normalized spacial score (nSPS) is 28.6. The minimum atomic E-state index is -4.33. The first-order valence-corrected chi connectivity index (χ1v) is 10.8. The monoisotopic (exact) mass is 361 g/mol. The van der Waals surface area contributed by atoms with Crippen molar-refractivity contribution in [1.82, 2.24) is 0 Å². The topological polar surface area (TPSA) is 74.3 Å². The smallest absolute Gasteiger partial charge is 0.140 e. The van der Waals surface area contributed by atoms with Crippen molar-refractivity contribution in [1.29, 1.82) is 0 Å². The van der Waals surface area contributed by atoms with Gasteiger partial charge in [0.05, 0.1) is 42.1 Å². The van der Waals surface area contributed by atoms with E-state index >= 15 is 0 Å². The molecule has 0 N–H and O–H groups in total.